The zero-order valence-electron chi connectivity index (χ0n) is 23.3. The van der Waals surface area contributed by atoms with Crippen molar-refractivity contribution in [2.75, 3.05) is 7.05 Å². The zero-order chi connectivity index (χ0) is 26.1. The summed E-state index contributed by atoms with van der Waals surface area (Å²) < 4.78 is 0. The standard InChI is InChI=1S/C13H25NO.C9H13.C8H9NO.Cr/c1-5-8-11(6-2)14(4)12(15)13(3)9-7-10-13;1-4-7-8-9(5-2)6-3;1-6-3-4-8(5-9-6)7(2)10;/h11H,5-10H2,1-4H3;5,7-8H,2,6H2,1,3H3;3-5H,1-2H3;/q;-1;;/b;9-8+;;. The van der Waals surface area contributed by atoms with E-state index in [4.69, 9.17) is 0 Å². The average molecular weight is 520 g/mol. The van der Waals surface area contributed by atoms with Crippen LogP contribution in [-0.2, 0) is 22.2 Å². The minimum atomic E-state index is -0.0318. The second-order valence-corrected chi connectivity index (χ2v) is 9.18. The maximum Gasteiger partial charge on any atom is 0.228 e. The van der Waals surface area contributed by atoms with Crippen molar-refractivity contribution in [2.24, 2.45) is 5.41 Å². The second kappa shape index (κ2) is 19.3. The van der Waals surface area contributed by atoms with E-state index in [0.717, 1.165) is 44.2 Å². The van der Waals surface area contributed by atoms with Crippen molar-refractivity contribution in [2.45, 2.75) is 99.5 Å². The molecule has 1 fully saturated rings. The van der Waals surface area contributed by atoms with Gasteiger partial charge in [-0.2, -0.15) is 0 Å². The Balaban J connectivity index is 0. The number of amides is 1. The quantitative estimate of drug-likeness (QED) is 0.191. The maximum atomic E-state index is 12.2. The molecule has 5 heteroatoms. The Kier molecular flexibility index (Phi) is 19.4. The SMILES string of the molecule is C=C/C(=C\C=[C-]C)CC.CC(=O)c1ccc(C)nc1.CCCC(CC)N(C)C(=O)C1(C)CCC1.[Cr]. The fourth-order valence-electron chi connectivity index (χ4n) is 3.71. The predicted molar refractivity (Wildman–Crippen MR) is 145 cm³/mol. The first-order valence-corrected chi connectivity index (χ1v) is 12.6. The van der Waals surface area contributed by atoms with Gasteiger partial charge in [-0.15, -0.1) is 19.1 Å². The largest absolute Gasteiger partial charge is 0.342 e. The minimum absolute atomic E-state index is 0. The van der Waals surface area contributed by atoms with Gasteiger partial charge in [-0.25, -0.2) is 12.2 Å². The first-order chi connectivity index (χ1) is 16.1. The Hall–Kier alpha value is -1.96. The first-order valence-electron chi connectivity index (χ1n) is 12.6. The Morgan fingerprint density at radius 1 is 1.26 bits per heavy atom. The van der Waals surface area contributed by atoms with Crippen LogP contribution in [0.5, 0.6) is 0 Å². The summed E-state index contributed by atoms with van der Waals surface area (Å²) in [5.41, 5.74) is 2.83. The van der Waals surface area contributed by atoms with Gasteiger partial charge in [0, 0.05) is 53.3 Å². The van der Waals surface area contributed by atoms with Crippen LogP contribution in [0, 0.1) is 18.4 Å². The van der Waals surface area contributed by atoms with E-state index in [1.165, 1.54) is 18.9 Å². The summed E-state index contributed by atoms with van der Waals surface area (Å²) in [5, 5.41) is 0. The maximum absolute atomic E-state index is 12.2. The van der Waals surface area contributed by atoms with Gasteiger partial charge in [0.05, 0.1) is 0 Å². The Morgan fingerprint density at radius 3 is 2.23 bits per heavy atom. The second-order valence-electron chi connectivity index (χ2n) is 9.18. The number of hydrogen-bond donors (Lipinski definition) is 0. The molecule has 35 heavy (non-hydrogen) atoms. The van der Waals surface area contributed by atoms with Crippen LogP contribution in [0.15, 0.2) is 48.7 Å². The smallest absolute Gasteiger partial charge is 0.228 e. The van der Waals surface area contributed by atoms with Crippen molar-refractivity contribution in [3.05, 3.63) is 66.0 Å². The van der Waals surface area contributed by atoms with Gasteiger partial charge in [-0.05, 0) is 58.1 Å². The third-order valence-electron chi connectivity index (χ3n) is 6.39. The van der Waals surface area contributed by atoms with Crippen LogP contribution in [0.1, 0.15) is 103 Å². The molecule has 0 saturated heterocycles. The van der Waals surface area contributed by atoms with E-state index < -0.39 is 0 Å². The fraction of sp³-hybridized carbons (Fsp3) is 0.567. The van der Waals surface area contributed by atoms with Crippen LogP contribution in [0.4, 0.5) is 0 Å². The predicted octanol–water partition coefficient (Wildman–Crippen LogP) is 7.69. The number of allylic oxidation sites excluding steroid dienone is 5. The molecule has 0 bridgehead atoms. The molecule has 1 amide bonds. The van der Waals surface area contributed by atoms with E-state index in [1.54, 1.807) is 12.3 Å². The zero-order valence-corrected chi connectivity index (χ0v) is 24.6. The molecule has 0 aliphatic heterocycles. The summed E-state index contributed by atoms with van der Waals surface area (Å²) in [6.07, 6.45) is 18.1. The molecule has 1 aromatic heterocycles. The molecule has 4 nitrogen and oxygen atoms in total. The summed E-state index contributed by atoms with van der Waals surface area (Å²) in [7, 11) is 1.98. The third kappa shape index (κ3) is 13.1. The number of pyridine rings is 1. The number of rotatable bonds is 9. The van der Waals surface area contributed by atoms with Crippen LogP contribution < -0.4 is 0 Å². The summed E-state index contributed by atoms with van der Waals surface area (Å²) in [5.74, 6) is 0.432. The fourth-order valence-corrected chi connectivity index (χ4v) is 3.71. The van der Waals surface area contributed by atoms with E-state index in [1.807, 2.05) is 50.1 Å². The number of Topliss-reactive ketones (excluding diaryl/α,β-unsaturated/α-hetero) is 1. The van der Waals surface area contributed by atoms with E-state index in [0.29, 0.717) is 17.5 Å². The summed E-state index contributed by atoms with van der Waals surface area (Å²) in [6, 6.07) is 4.06. The van der Waals surface area contributed by atoms with Crippen LogP contribution in [0.25, 0.3) is 0 Å². The van der Waals surface area contributed by atoms with Crippen molar-refractivity contribution in [3.8, 4) is 0 Å². The molecule has 1 heterocycles. The van der Waals surface area contributed by atoms with Gasteiger partial charge in [0.15, 0.2) is 5.78 Å². The van der Waals surface area contributed by atoms with Crippen LogP contribution in [0.3, 0.4) is 0 Å². The van der Waals surface area contributed by atoms with Crippen molar-refractivity contribution in [1.82, 2.24) is 9.88 Å². The molecule has 1 saturated carbocycles. The number of aromatic nitrogens is 1. The Morgan fingerprint density at radius 2 is 1.89 bits per heavy atom. The molecule has 0 radical (unpaired) electrons. The third-order valence-corrected chi connectivity index (χ3v) is 6.39. The molecule has 0 spiro atoms. The molecule has 0 aromatic carbocycles. The van der Waals surface area contributed by atoms with Crippen molar-refractivity contribution < 1.29 is 27.0 Å². The number of carbonyl (C=O) groups is 2. The summed E-state index contributed by atoms with van der Waals surface area (Å²) in [4.78, 5) is 28.9. The topological polar surface area (TPSA) is 50.3 Å². The van der Waals surface area contributed by atoms with Gasteiger partial charge < -0.3 is 4.90 Å². The van der Waals surface area contributed by atoms with E-state index >= 15 is 0 Å². The molecular weight excluding hydrogens is 472 g/mol. The van der Waals surface area contributed by atoms with Gasteiger partial charge >= 0.3 is 0 Å². The number of carbonyl (C=O) groups excluding carboxylic acids is 2. The molecule has 2 rings (SSSR count). The molecule has 0 N–H and O–H groups in total. The van der Waals surface area contributed by atoms with Crippen LogP contribution in [-0.4, -0.2) is 34.7 Å². The number of aryl methyl sites for hydroxylation is 1. The van der Waals surface area contributed by atoms with Crippen LogP contribution in [0.2, 0.25) is 0 Å². The molecule has 1 atom stereocenters. The molecule has 1 unspecified atom stereocenters. The monoisotopic (exact) mass is 519 g/mol. The van der Waals surface area contributed by atoms with Crippen molar-refractivity contribution in [1.29, 1.82) is 0 Å². The van der Waals surface area contributed by atoms with Gasteiger partial charge in [0.2, 0.25) is 5.91 Å². The normalized spacial score (nSPS) is 14.7. The van der Waals surface area contributed by atoms with Crippen molar-refractivity contribution >= 4 is 11.7 Å². The summed E-state index contributed by atoms with van der Waals surface area (Å²) >= 11 is 0. The molecular formula is C30H47CrN2O2-. The van der Waals surface area contributed by atoms with E-state index in [-0.39, 0.29) is 28.6 Å². The van der Waals surface area contributed by atoms with E-state index in [2.05, 4.69) is 45.3 Å². The number of ketones is 1. The molecule has 196 valence electrons. The van der Waals surface area contributed by atoms with Gasteiger partial charge in [0.25, 0.3) is 0 Å². The number of nitrogens with zero attached hydrogens (tertiary/aromatic N) is 2. The summed E-state index contributed by atoms with van der Waals surface area (Å²) in [6.45, 7) is 17.6. The Bertz CT molecular complexity index is 808. The van der Waals surface area contributed by atoms with Crippen molar-refractivity contribution in [3.63, 3.8) is 0 Å². The van der Waals surface area contributed by atoms with E-state index in [9.17, 15) is 9.59 Å². The van der Waals surface area contributed by atoms with Gasteiger partial charge in [-0.1, -0.05) is 46.6 Å². The number of hydrogen-bond acceptors (Lipinski definition) is 3. The molecule has 1 aliphatic carbocycles. The van der Waals surface area contributed by atoms with Gasteiger partial charge in [-0.3, -0.25) is 20.6 Å². The van der Waals surface area contributed by atoms with Crippen LogP contribution >= 0.6 is 0 Å². The first kappa shape index (κ1) is 35.2. The average Bonchev–Trinajstić information content (AvgIpc) is 2.82. The minimum Gasteiger partial charge on any atom is -0.342 e. The Labute approximate surface area is 226 Å². The van der Waals surface area contributed by atoms with Gasteiger partial charge in [0.1, 0.15) is 0 Å². The molecule has 1 aliphatic rings. The molecule has 1 aromatic rings.